The molecule has 0 saturated carbocycles. The van der Waals surface area contributed by atoms with Gasteiger partial charge in [0.05, 0.1) is 0 Å². The molecule has 0 unspecified atom stereocenters. The lowest BCUT2D eigenvalue weighted by atomic mass is 10.3. The normalized spacial score (nSPS) is 9.82. The summed E-state index contributed by atoms with van der Waals surface area (Å²) < 4.78 is 4.68. The molecule has 1 atom stereocenters. The molecular formula is C9H8O2. The van der Waals surface area contributed by atoms with Crippen molar-refractivity contribution in [3.8, 4) is 24.2 Å². The lowest BCUT2D eigenvalue weighted by Crippen LogP contribution is -2.10. The molecule has 0 aliphatic heterocycles. The SMILES string of the molecule is C#CC#C[C@@H](C=C)OC(C)=O. The Morgan fingerprint density at radius 2 is 2.45 bits per heavy atom. The van der Waals surface area contributed by atoms with Crippen molar-refractivity contribution >= 4 is 5.97 Å². The molecule has 0 aliphatic carbocycles. The number of ether oxygens (including phenoxy) is 1. The van der Waals surface area contributed by atoms with Crippen LogP contribution in [0.2, 0.25) is 0 Å². The van der Waals surface area contributed by atoms with Crippen LogP contribution in [-0.4, -0.2) is 12.1 Å². The summed E-state index contributed by atoms with van der Waals surface area (Å²) in [5.41, 5.74) is 0. The molecular weight excluding hydrogens is 140 g/mol. The van der Waals surface area contributed by atoms with Gasteiger partial charge in [-0.25, -0.2) is 0 Å². The van der Waals surface area contributed by atoms with E-state index in [4.69, 9.17) is 6.42 Å². The van der Waals surface area contributed by atoms with Gasteiger partial charge in [0.2, 0.25) is 0 Å². The summed E-state index contributed by atoms with van der Waals surface area (Å²) in [6.45, 7) is 4.72. The van der Waals surface area contributed by atoms with E-state index in [1.54, 1.807) is 0 Å². The molecule has 0 bridgehead atoms. The van der Waals surface area contributed by atoms with Gasteiger partial charge in [0.1, 0.15) is 0 Å². The smallest absolute Gasteiger partial charge is 0.304 e. The zero-order chi connectivity index (χ0) is 8.69. The molecule has 0 radical (unpaired) electrons. The zero-order valence-electron chi connectivity index (χ0n) is 6.26. The largest absolute Gasteiger partial charge is 0.445 e. The van der Waals surface area contributed by atoms with Gasteiger partial charge in [-0.2, -0.15) is 0 Å². The molecule has 2 nitrogen and oxygen atoms in total. The van der Waals surface area contributed by atoms with Crippen LogP contribution in [0.25, 0.3) is 0 Å². The molecule has 0 aromatic carbocycles. The van der Waals surface area contributed by atoms with Crippen molar-refractivity contribution in [3.63, 3.8) is 0 Å². The first kappa shape index (κ1) is 9.33. The van der Waals surface area contributed by atoms with E-state index < -0.39 is 12.1 Å². The van der Waals surface area contributed by atoms with Crippen molar-refractivity contribution < 1.29 is 9.53 Å². The molecule has 0 spiro atoms. The van der Waals surface area contributed by atoms with Crippen LogP contribution in [-0.2, 0) is 9.53 Å². The van der Waals surface area contributed by atoms with Crippen LogP contribution >= 0.6 is 0 Å². The van der Waals surface area contributed by atoms with E-state index in [1.807, 2.05) is 0 Å². The predicted molar refractivity (Wildman–Crippen MR) is 42.4 cm³/mol. The maximum Gasteiger partial charge on any atom is 0.304 e. The van der Waals surface area contributed by atoms with E-state index >= 15 is 0 Å². The Labute approximate surface area is 66.2 Å². The predicted octanol–water partition coefficient (Wildman–Crippen LogP) is 0.741. The van der Waals surface area contributed by atoms with E-state index in [0.717, 1.165) is 0 Å². The minimum absolute atomic E-state index is 0.402. The molecule has 0 N–H and O–H groups in total. The minimum atomic E-state index is -0.594. The second-order valence-corrected chi connectivity index (χ2v) is 1.68. The molecule has 0 aromatic heterocycles. The highest BCUT2D eigenvalue weighted by Crippen LogP contribution is 1.90. The van der Waals surface area contributed by atoms with Crippen molar-refractivity contribution in [1.82, 2.24) is 0 Å². The third-order valence-electron chi connectivity index (χ3n) is 0.794. The lowest BCUT2D eigenvalue weighted by Gasteiger charge is -2.03. The van der Waals surface area contributed by atoms with Crippen molar-refractivity contribution in [1.29, 1.82) is 0 Å². The van der Waals surface area contributed by atoms with Crippen molar-refractivity contribution in [2.24, 2.45) is 0 Å². The van der Waals surface area contributed by atoms with E-state index in [-0.39, 0.29) is 0 Å². The Bertz CT molecular complexity index is 247. The summed E-state index contributed by atoms with van der Waals surface area (Å²) in [6, 6.07) is 0. The maximum absolute atomic E-state index is 10.4. The topological polar surface area (TPSA) is 26.3 Å². The van der Waals surface area contributed by atoms with Gasteiger partial charge in [-0.05, 0) is 23.8 Å². The van der Waals surface area contributed by atoms with Gasteiger partial charge in [-0.1, -0.05) is 6.58 Å². The molecule has 2 heteroatoms. The number of hydrogen-bond donors (Lipinski definition) is 0. The second kappa shape index (κ2) is 5.14. The lowest BCUT2D eigenvalue weighted by molar-refractivity contribution is -0.142. The fraction of sp³-hybridized carbons (Fsp3) is 0.222. The molecule has 0 amide bonds. The summed E-state index contributed by atoms with van der Waals surface area (Å²) in [7, 11) is 0. The Morgan fingerprint density at radius 1 is 1.82 bits per heavy atom. The fourth-order valence-corrected chi connectivity index (χ4v) is 0.428. The molecule has 0 aliphatic rings. The molecule has 0 saturated heterocycles. The first-order chi connectivity index (χ1) is 5.20. The zero-order valence-corrected chi connectivity index (χ0v) is 6.26. The van der Waals surface area contributed by atoms with Crippen LogP contribution in [0.4, 0.5) is 0 Å². The fourth-order valence-electron chi connectivity index (χ4n) is 0.428. The van der Waals surface area contributed by atoms with E-state index in [9.17, 15) is 4.79 Å². The number of hydrogen-bond acceptors (Lipinski definition) is 2. The maximum atomic E-state index is 10.4. The highest BCUT2D eigenvalue weighted by atomic mass is 16.5. The standard InChI is InChI=1S/C9H8O2/c1-4-6-7-9(5-2)11-8(3)10/h1,5,9H,2H2,3H3/t9-/m1/s1. The molecule has 0 rings (SSSR count). The summed E-state index contributed by atoms with van der Waals surface area (Å²) in [4.78, 5) is 10.4. The molecule has 0 aromatic rings. The molecule has 11 heavy (non-hydrogen) atoms. The summed E-state index contributed by atoms with van der Waals surface area (Å²) in [5, 5.41) is 0. The van der Waals surface area contributed by atoms with Crippen LogP contribution in [0.15, 0.2) is 12.7 Å². The Morgan fingerprint density at radius 3 is 2.82 bits per heavy atom. The van der Waals surface area contributed by atoms with Gasteiger partial charge < -0.3 is 4.74 Å². The monoisotopic (exact) mass is 148 g/mol. The summed E-state index contributed by atoms with van der Waals surface area (Å²) in [6.07, 6.45) is 5.68. The number of carbonyl (C=O) groups excluding carboxylic acids is 1. The Kier molecular flexibility index (Phi) is 4.36. The number of carbonyl (C=O) groups is 1. The van der Waals surface area contributed by atoms with Crippen LogP contribution in [0.1, 0.15) is 6.92 Å². The first-order valence-corrected chi connectivity index (χ1v) is 2.96. The molecule has 0 heterocycles. The van der Waals surface area contributed by atoms with Crippen molar-refractivity contribution in [2.45, 2.75) is 13.0 Å². The first-order valence-electron chi connectivity index (χ1n) is 2.96. The van der Waals surface area contributed by atoms with E-state index in [2.05, 4.69) is 29.1 Å². The van der Waals surface area contributed by atoms with Crippen LogP contribution in [0.3, 0.4) is 0 Å². The molecule has 0 fully saturated rings. The third kappa shape index (κ3) is 4.81. The van der Waals surface area contributed by atoms with E-state index in [1.165, 1.54) is 13.0 Å². The molecule has 56 valence electrons. The van der Waals surface area contributed by atoms with Gasteiger partial charge in [0.25, 0.3) is 0 Å². The van der Waals surface area contributed by atoms with Gasteiger partial charge in [0.15, 0.2) is 6.10 Å². The average Bonchev–Trinajstić information content (AvgIpc) is 1.97. The Balaban J connectivity index is 4.09. The van der Waals surface area contributed by atoms with E-state index in [0.29, 0.717) is 0 Å². The average molecular weight is 148 g/mol. The number of rotatable bonds is 2. The van der Waals surface area contributed by atoms with Crippen LogP contribution in [0, 0.1) is 24.2 Å². The van der Waals surface area contributed by atoms with Crippen molar-refractivity contribution in [2.75, 3.05) is 0 Å². The number of terminal acetylenes is 1. The Hall–Kier alpha value is -1.67. The van der Waals surface area contributed by atoms with Crippen LogP contribution < -0.4 is 0 Å². The van der Waals surface area contributed by atoms with Gasteiger partial charge >= 0.3 is 5.97 Å². The van der Waals surface area contributed by atoms with Gasteiger partial charge in [-0.3, -0.25) is 4.79 Å². The van der Waals surface area contributed by atoms with Gasteiger partial charge in [-0.15, -0.1) is 6.42 Å². The highest BCUT2D eigenvalue weighted by Gasteiger charge is 2.00. The third-order valence-corrected chi connectivity index (χ3v) is 0.794. The van der Waals surface area contributed by atoms with Crippen LogP contribution in [0.5, 0.6) is 0 Å². The quantitative estimate of drug-likeness (QED) is 0.328. The number of esters is 1. The van der Waals surface area contributed by atoms with Gasteiger partial charge in [0, 0.05) is 6.92 Å². The second-order valence-electron chi connectivity index (χ2n) is 1.68. The van der Waals surface area contributed by atoms with Crippen molar-refractivity contribution in [3.05, 3.63) is 12.7 Å². The summed E-state index contributed by atoms with van der Waals surface area (Å²) in [5.74, 6) is 6.54. The minimum Gasteiger partial charge on any atom is -0.445 e. The highest BCUT2D eigenvalue weighted by molar-refractivity contribution is 5.66. The summed E-state index contributed by atoms with van der Waals surface area (Å²) >= 11 is 0.